The third-order valence-corrected chi connectivity index (χ3v) is 3.47. The third kappa shape index (κ3) is 4.50. The van der Waals surface area contributed by atoms with Crippen molar-refractivity contribution < 1.29 is 0 Å². The molecule has 0 aliphatic heterocycles. The summed E-state index contributed by atoms with van der Waals surface area (Å²) >= 11 is 0. The summed E-state index contributed by atoms with van der Waals surface area (Å²) in [4.78, 5) is 2.36. The Morgan fingerprint density at radius 2 is 1.83 bits per heavy atom. The molecule has 18 heavy (non-hydrogen) atoms. The van der Waals surface area contributed by atoms with E-state index >= 15 is 0 Å². The minimum atomic E-state index is 0.538. The SMILES string of the molecule is C=CC[C@@H](C[C@@H](C)c1ccccc1)N(C)CC=C. The molecule has 0 N–H and O–H groups in total. The summed E-state index contributed by atoms with van der Waals surface area (Å²) in [6.45, 7) is 10.9. The van der Waals surface area contributed by atoms with Gasteiger partial charge in [-0.15, -0.1) is 13.2 Å². The quantitative estimate of drug-likeness (QED) is 0.617. The highest BCUT2D eigenvalue weighted by atomic mass is 15.1. The first-order chi connectivity index (χ1) is 8.69. The highest BCUT2D eigenvalue weighted by Crippen LogP contribution is 2.23. The van der Waals surface area contributed by atoms with Crippen LogP contribution in [0.1, 0.15) is 31.2 Å². The largest absolute Gasteiger partial charge is 0.299 e. The van der Waals surface area contributed by atoms with Crippen LogP contribution in [0.15, 0.2) is 55.6 Å². The van der Waals surface area contributed by atoms with Gasteiger partial charge < -0.3 is 0 Å². The number of nitrogens with zero attached hydrogens (tertiary/aromatic N) is 1. The van der Waals surface area contributed by atoms with Gasteiger partial charge in [-0.2, -0.15) is 0 Å². The Balaban J connectivity index is 2.65. The average molecular weight is 243 g/mol. The van der Waals surface area contributed by atoms with Gasteiger partial charge in [0, 0.05) is 12.6 Å². The van der Waals surface area contributed by atoms with Crippen LogP contribution in [0.5, 0.6) is 0 Å². The van der Waals surface area contributed by atoms with Crippen LogP contribution in [0.2, 0.25) is 0 Å². The van der Waals surface area contributed by atoms with Crippen molar-refractivity contribution in [2.24, 2.45) is 0 Å². The second-order valence-corrected chi connectivity index (χ2v) is 4.95. The van der Waals surface area contributed by atoms with E-state index in [1.54, 1.807) is 0 Å². The summed E-state index contributed by atoms with van der Waals surface area (Å²) in [6, 6.07) is 11.3. The predicted molar refractivity (Wildman–Crippen MR) is 80.9 cm³/mol. The zero-order valence-electron chi connectivity index (χ0n) is 11.7. The molecule has 0 aromatic heterocycles. The van der Waals surface area contributed by atoms with Crippen molar-refractivity contribution in [3.63, 3.8) is 0 Å². The summed E-state index contributed by atoms with van der Waals surface area (Å²) in [6.07, 6.45) is 6.16. The van der Waals surface area contributed by atoms with E-state index in [4.69, 9.17) is 0 Å². The normalized spacial score (nSPS) is 14.2. The first-order valence-electron chi connectivity index (χ1n) is 6.66. The Kier molecular flexibility index (Phi) is 6.45. The molecule has 1 heteroatoms. The zero-order valence-corrected chi connectivity index (χ0v) is 11.7. The smallest absolute Gasteiger partial charge is 0.0160 e. The highest BCUT2D eigenvalue weighted by Gasteiger charge is 2.16. The molecule has 1 aromatic carbocycles. The molecule has 0 aliphatic carbocycles. The fourth-order valence-corrected chi connectivity index (χ4v) is 2.33. The maximum atomic E-state index is 3.87. The van der Waals surface area contributed by atoms with Crippen molar-refractivity contribution in [2.75, 3.05) is 13.6 Å². The molecule has 0 saturated carbocycles. The van der Waals surface area contributed by atoms with Gasteiger partial charge in [0.1, 0.15) is 0 Å². The maximum Gasteiger partial charge on any atom is 0.0160 e. The number of benzene rings is 1. The van der Waals surface area contributed by atoms with Gasteiger partial charge in [0.05, 0.1) is 0 Å². The Morgan fingerprint density at radius 3 is 2.39 bits per heavy atom. The average Bonchev–Trinajstić information content (AvgIpc) is 2.39. The third-order valence-electron chi connectivity index (χ3n) is 3.47. The Morgan fingerprint density at radius 1 is 1.17 bits per heavy atom. The van der Waals surface area contributed by atoms with Crippen molar-refractivity contribution in [3.8, 4) is 0 Å². The van der Waals surface area contributed by atoms with Crippen molar-refractivity contribution in [1.82, 2.24) is 4.90 Å². The molecule has 2 atom stereocenters. The number of hydrogen-bond acceptors (Lipinski definition) is 1. The number of hydrogen-bond donors (Lipinski definition) is 0. The molecule has 1 nitrogen and oxygen atoms in total. The van der Waals surface area contributed by atoms with E-state index in [-0.39, 0.29) is 0 Å². The molecular weight excluding hydrogens is 218 g/mol. The number of rotatable bonds is 8. The Hall–Kier alpha value is -1.34. The van der Waals surface area contributed by atoms with Gasteiger partial charge >= 0.3 is 0 Å². The molecule has 0 amide bonds. The van der Waals surface area contributed by atoms with Gasteiger partial charge in [-0.25, -0.2) is 0 Å². The summed E-state index contributed by atoms with van der Waals surface area (Å²) in [5, 5.41) is 0. The van der Waals surface area contributed by atoms with Gasteiger partial charge in [0.15, 0.2) is 0 Å². The minimum Gasteiger partial charge on any atom is -0.299 e. The van der Waals surface area contributed by atoms with Crippen LogP contribution >= 0.6 is 0 Å². The van der Waals surface area contributed by atoms with Gasteiger partial charge in [-0.05, 0) is 31.4 Å². The molecule has 0 heterocycles. The summed E-state index contributed by atoms with van der Waals surface area (Å²) in [5.41, 5.74) is 1.42. The Bertz CT molecular complexity index is 355. The highest BCUT2D eigenvalue weighted by molar-refractivity contribution is 5.19. The van der Waals surface area contributed by atoms with E-state index in [1.165, 1.54) is 5.56 Å². The molecular formula is C17H25N. The van der Waals surface area contributed by atoms with E-state index in [1.807, 2.05) is 12.2 Å². The van der Waals surface area contributed by atoms with E-state index in [9.17, 15) is 0 Å². The summed E-state index contributed by atoms with van der Waals surface area (Å²) < 4.78 is 0. The summed E-state index contributed by atoms with van der Waals surface area (Å²) in [5.74, 6) is 0.573. The zero-order chi connectivity index (χ0) is 13.4. The van der Waals surface area contributed by atoms with Crippen molar-refractivity contribution in [3.05, 3.63) is 61.2 Å². The molecule has 0 unspecified atom stereocenters. The fraction of sp³-hybridized carbons (Fsp3) is 0.412. The monoisotopic (exact) mass is 243 g/mol. The van der Waals surface area contributed by atoms with Crippen LogP contribution in [0.3, 0.4) is 0 Å². The van der Waals surface area contributed by atoms with Gasteiger partial charge in [0.25, 0.3) is 0 Å². The molecule has 0 bridgehead atoms. The molecule has 1 rings (SSSR count). The van der Waals surface area contributed by atoms with E-state index in [0.29, 0.717) is 12.0 Å². The van der Waals surface area contributed by atoms with Crippen molar-refractivity contribution >= 4 is 0 Å². The van der Waals surface area contributed by atoms with Gasteiger partial charge in [-0.3, -0.25) is 4.90 Å². The van der Waals surface area contributed by atoms with Gasteiger partial charge in [-0.1, -0.05) is 49.4 Å². The van der Waals surface area contributed by atoms with Crippen LogP contribution in [0, 0.1) is 0 Å². The Labute approximate surface area is 112 Å². The second kappa shape index (κ2) is 7.88. The standard InChI is InChI=1S/C17H25N/c1-5-10-17(18(4)13-6-2)14-15(3)16-11-8-7-9-12-16/h5-9,11-12,15,17H,1-2,10,13-14H2,3-4H3/t15-,17+/m1/s1. The lowest BCUT2D eigenvalue weighted by atomic mass is 9.92. The van der Waals surface area contributed by atoms with Crippen LogP contribution < -0.4 is 0 Å². The molecule has 1 aromatic rings. The molecule has 0 fully saturated rings. The van der Waals surface area contributed by atoms with Crippen LogP contribution in [-0.2, 0) is 0 Å². The topological polar surface area (TPSA) is 3.24 Å². The van der Waals surface area contributed by atoms with E-state index in [0.717, 1.165) is 19.4 Å². The lowest BCUT2D eigenvalue weighted by molar-refractivity contribution is 0.244. The van der Waals surface area contributed by atoms with Crippen LogP contribution in [0.25, 0.3) is 0 Å². The lowest BCUT2D eigenvalue weighted by Crippen LogP contribution is -2.32. The van der Waals surface area contributed by atoms with Crippen molar-refractivity contribution in [2.45, 2.75) is 31.7 Å². The van der Waals surface area contributed by atoms with Crippen LogP contribution in [0.4, 0.5) is 0 Å². The summed E-state index contributed by atoms with van der Waals surface area (Å²) in [7, 11) is 2.16. The maximum absolute atomic E-state index is 3.87. The molecule has 0 spiro atoms. The van der Waals surface area contributed by atoms with E-state index < -0.39 is 0 Å². The van der Waals surface area contributed by atoms with Crippen molar-refractivity contribution in [1.29, 1.82) is 0 Å². The van der Waals surface area contributed by atoms with Crippen LogP contribution in [-0.4, -0.2) is 24.5 Å². The molecule has 0 aliphatic rings. The number of likely N-dealkylation sites (N-methyl/N-ethyl adjacent to an activating group) is 1. The molecule has 98 valence electrons. The predicted octanol–water partition coefficient (Wildman–Crippen LogP) is 4.24. The lowest BCUT2D eigenvalue weighted by Gasteiger charge is -2.28. The van der Waals surface area contributed by atoms with Gasteiger partial charge in [0.2, 0.25) is 0 Å². The minimum absolute atomic E-state index is 0.538. The molecule has 0 saturated heterocycles. The first-order valence-corrected chi connectivity index (χ1v) is 6.66. The second-order valence-electron chi connectivity index (χ2n) is 4.95. The fourth-order valence-electron chi connectivity index (χ4n) is 2.33. The molecule has 0 radical (unpaired) electrons. The van der Waals surface area contributed by atoms with E-state index in [2.05, 4.69) is 62.4 Å². The first kappa shape index (κ1) is 14.7.